The summed E-state index contributed by atoms with van der Waals surface area (Å²) >= 11 is 0. The highest BCUT2D eigenvalue weighted by molar-refractivity contribution is 7.89. The lowest BCUT2D eigenvalue weighted by Crippen LogP contribution is -2.48. The van der Waals surface area contributed by atoms with Gasteiger partial charge in [-0.15, -0.1) is 0 Å². The zero-order valence-electron chi connectivity index (χ0n) is 20.9. The zero-order chi connectivity index (χ0) is 30.2. The van der Waals surface area contributed by atoms with Crippen molar-refractivity contribution in [2.45, 2.75) is 55.6 Å². The Kier molecular flexibility index (Phi) is 8.00. The quantitative estimate of drug-likeness (QED) is 0.423. The van der Waals surface area contributed by atoms with Crippen LogP contribution in [-0.2, 0) is 33.7 Å². The number of nitrogens with zero attached hydrogens (tertiary/aromatic N) is 6. The molecular formula is C24H19F6N7O3S. The van der Waals surface area contributed by atoms with Gasteiger partial charge in [0.2, 0.25) is 21.8 Å². The summed E-state index contributed by atoms with van der Waals surface area (Å²) in [6.07, 6.45) is -6.36. The number of carbonyl (C=O) groups excluding carboxylic acids is 1. The molecule has 0 spiro atoms. The van der Waals surface area contributed by atoms with E-state index in [1.807, 2.05) is 0 Å². The number of aromatic nitrogens is 4. The van der Waals surface area contributed by atoms with Crippen LogP contribution in [0.2, 0.25) is 0 Å². The molecular weight excluding hydrogens is 580 g/mol. The third-order valence-electron chi connectivity index (χ3n) is 6.28. The number of pyridine rings is 2. The highest BCUT2D eigenvalue weighted by atomic mass is 32.2. The van der Waals surface area contributed by atoms with E-state index in [0.717, 1.165) is 29.0 Å². The lowest BCUT2D eigenvalue weighted by atomic mass is 10.1. The third kappa shape index (κ3) is 6.28. The Hall–Kier alpha value is -4.17. The summed E-state index contributed by atoms with van der Waals surface area (Å²) in [5.41, 5.74) is -1.97. The number of halogens is 6. The van der Waals surface area contributed by atoms with Crippen molar-refractivity contribution in [3.05, 3.63) is 65.6 Å². The van der Waals surface area contributed by atoms with E-state index in [9.17, 15) is 39.6 Å². The van der Waals surface area contributed by atoms with Gasteiger partial charge in [-0.3, -0.25) is 9.78 Å². The van der Waals surface area contributed by atoms with E-state index in [2.05, 4.69) is 25.3 Å². The fourth-order valence-corrected chi connectivity index (χ4v) is 6.08. The number of hydrogen-bond donors (Lipinski definition) is 1. The third-order valence-corrected chi connectivity index (χ3v) is 8.28. The van der Waals surface area contributed by atoms with Crippen molar-refractivity contribution in [3.63, 3.8) is 0 Å². The number of carbonyl (C=O) groups is 1. The second kappa shape index (κ2) is 11.0. The van der Waals surface area contributed by atoms with Crippen LogP contribution in [0.1, 0.15) is 42.4 Å². The number of nitriles is 1. The van der Waals surface area contributed by atoms with Gasteiger partial charge in [0.1, 0.15) is 22.7 Å². The predicted octanol–water partition coefficient (Wildman–Crippen LogP) is 3.70. The average Bonchev–Trinajstić information content (AvgIpc) is 3.33. The average molecular weight is 600 g/mol. The highest BCUT2D eigenvalue weighted by Crippen LogP contribution is 2.34. The van der Waals surface area contributed by atoms with Gasteiger partial charge in [0, 0.05) is 42.9 Å². The molecule has 1 amide bonds. The number of nitrogens with one attached hydrogen (secondary N) is 1. The first-order valence-electron chi connectivity index (χ1n) is 11.8. The van der Waals surface area contributed by atoms with Crippen LogP contribution in [0, 0.1) is 11.3 Å². The first-order chi connectivity index (χ1) is 19.1. The van der Waals surface area contributed by atoms with Gasteiger partial charge in [0.05, 0.1) is 11.3 Å². The maximum Gasteiger partial charge on any atom is 0.451 e. The fourth-order valence-electron chi connectivity index (χ4n) is 4.30. The van der Waals surface area contributed by atoms with Crippen LogP contribution >= 0.6 is 0 Å². The maximum atomic E-state index is 13.7. The van der Waals surface area contributed by atoms with Gasteiger partial charge in [-0.25, -0.2) is 23.4 Å². The summed E-state index contributed by atoms with van der Waals surface area (Å²) in [4.78, 5) is 26.6. The Morgan fingerprint density at radius 1 is 1.02 bits per heavy atom. The van der Waals surface area contributed by atoms with E-state index in [1.54, 1.807) is 13.0 Å². The largest absolute Gasteiger partial charge is 0.451 e. The summed E-state index contributed by atoms with van der Waals surface area (Å²) in [6, 6.07) is 3.19. The second-order valence-electron chi connectivity index (χ2n) is 9.00. The standard InChI is InChI=1S/C24H19F6N7O3S/c1-13-2-5-20(37(13)41(39,40)17-4-3-16(7-31)32-11-17)21(38)34-8-14-6-19(33-12-18(14)23(25,26)27)15-9-35-22(36-10-15)24(28,29)30/h3-4,6,9-13,20H,2,5,8H2,1H3,(H,34,38)/t13-,20-/m0/s1. The van der Waals surface area contributed by atoms with E-state index in [4.69, 9.17) is 5.26 Å². The van der Waals surface area contributed by atoms with E-state index >= 15 is 0 Å². The lowest BCUT2D eigenvalue weighted by molar-refractivity contribution is -0.145. The molecule has 4 heterocycles. The van der Waals surface area contributed by atoms with Gasteiger partial charge >= 0.3 is 12.4 Å². The fraction of sp³-hybridized carbons (Fsp3) is 0.333. The topological polar surface area (TPSA) is 142 Å². The minimum atomic E-state index is -4.89. The van der Waals surface area contributed by atoms with Crippen LogP contribution in [0.5, 0.6) is 0 Å². The first-order valence-corrected chi connectivity index (χ1v) is 13.2. The first kappa shape index (κ1) is 29.8. The maximum absolute atomic E-state index is 13.7. The van der Waals surface area contributed by atoms with E-state index in [-0.39, 0.29) is 28.3 Å². The smallest absolute Gasteiger partial charge is 0.351 e. The highest BCUT2D eigenvalue weighted by Gasteiger charge is 2.44. The van der Waals surface area contributed by atoms with Crippen LogP contribution in [0.4, 0.5) is 26.3 Å². The molecule has 0 unspecified atom stereocenters. The molecule has 0 radical (unpaired) electrons. The molecule has 0 saturated carbocycles. The number of amides is 1. The molecule has 3 aromatic rings. The van der Waals surface area contributed by atoms with Crippen molar-refractivity contribution >= 4 is 15.9 Å². The number of sulfonamides is 1. The second-order valence-corrected chi connectivity index (χ2v) is 10.8. The molecule has 0 bridgehead atoms. The van der Waals surface area contributed by atoms with E-state index in [1.165, 1.54) is 12.1 Å². The lowest BCUT2D eigenvalue weighted by Gasteiger charge is -2.27. The van der Waals surface area contributed by atoms with Crippen molar-refractivity contribution in [1.82, 2.24) is 29.6 Å². The Bertz CT molecular complexity index is 1590. The van der Waals surface area contributed by atoms with Gasteiger partial charge in [0.25, 0.3) is 0 Å². The van der Waals surface area contributed by atoms with E-state index < -0.39 is 63.9 Å². The Morgan fingerprint density at radius 2 is 1.71 bits per heavy atom. The monoisotopic (exact) mass is 599 g/mol. The van der Waals surface area contributed by atoms with Crippen LogP contribution in [0.25, 0.3) is 11.3 Å². The molecule has 1 fully saturated rings. The number of alkyl halides is 6. The van der Waals surface area contributed by atoms with Crippen LogP contribution < -0.4 is 5.32 Å². The van der Waals surface area contributed by atoms with Crippen molar-refractivity contribution in [2.24, 2.45) is 0 Å². The van der Waals surface area contributed by atoms with Crippen molar-refractivity contribution in [2.75, 3.05) is 0 Å². The minimum absolute atomic E-state index is 0.0206. The van der Waals surface area contributed by atoms with Gasteiger partial charge in [-0.2, -0.15) is 35.9 Å². The molecule has 4 rings (SSSR count). The molecule has 1 aliphatic rings. The zero-order valence-corrected chi connectivity index (χ0v) is 21.7. The molecule has 17 heteroatoms. The molecule has 10 nitrogen and oxygen atoms in total. The summed E-state index contributed by atoms with van der Waals surface area (Å²) in [5.74, 6) is -2.30. The molecule has 3 aromatic heterocycles. The normalized spacial score (nSPS) is 18.2. The van der Waals surface area contributed by atoms with Crippen molar-refractivity contribution in [3.8, 4) is 17.3 Å². The molecule has 216 valence electrons. The SMILES string of the molecule is C[C@H]1CC[C@@H](C(=O)NCc2cc(-c3cnc(C(F)(F)F)nc3)ncc2C(F)(F)F)N1S(=O)(=O)c1ccc(C#N)nc1. The molecule has 0 aliphatic carbocycles. The summed E-state index contributed by atoms with van der Waals surface area (Å²) in [5, 5.41) is 11.2. The summed E-state index contributed by atoms with van der Waals surface area (Å²) in [6.45, 7) is 0.882. The molecule has 2 atom stereocenters. The van der Waals surface area contributed by atoms with Crippen LogP contribution in [-0.4, -0.2) is 50.6 Å². The molecule has 1 N–H and O–H groups in total. The molecule has 41 heavy (non-hydrogen) atoms. The Balaban J connectivity index is 1.59. The van der Waals surface area contributed by atoms with Gasteiger partial charge in [-0.1, -0.05) is 0 Å². The minimum Gasteiger partial charge on any atom is -0.351 e. The Morgan fingerprint density at radius 3 is 2.27 bits per heavy atom. The summed E-state index contributed by atoms with van der Waals surface area (Å²) < 4.78 is 107. The van der Waals surface area contributed by atoms with Crippen molar-refractivity contribution in [1.29, 1.82) is 5.26 Å². The van der Waals surface area contributed by atoms with Gasteiger partial charge < -0.3 is 5.32 Å². The Labute approximate surface area is 229 Å². The number of hydrogen-bond acceptors (Lipinski definition) is 8. The number of rotatable bonds is 6. The van der Waals surface area contributed by atoms with Crippen LogP contribution in [0.15, 0.2) is 47.9 Å². The van der Waals surface area contributed by atoms with Crippen molar-refractivity contribution < 1.29 is 39.6 Å². The molecule has 1 saturated heterocycles. The van der Waals surface area contributed by atoms with Gasteiger partial charge in [0.15, 0.2) is 0 Å². The molecule has 1 aliphatic heterocycles. The van der Waals surface area contributed by atoms with Gasteiger partial charge in [-0.05, 0) is 43.5 Å². The van der Waals surface area contributed by atoms with E-state index in [0.29, 0.717) is 12.6 Å². The predicted molar refractivity (Wildman–Crippen MR) is 128 cm³/mol. The van der Waals surface area contributed by atoms with Crippen LogP contribution in [0.3, 0.4) is 0 Å². The molecule has 0 aromatic carbocycles. The summed E-state index contributed by atoms with van der Waals surface area (Å²) in [7, 11) is -4.26.